The molecule has 2 N–H and O–H groups in total. The SMILES string of the molecule is Cc1ccc(S(=O)(=O)N[C@H](CNCCN(C)C)CSCc2ccccc2)c2ccccc12. The van der Waals surface area contributed by atoms with Crippen molar-refractivity contribution in [1.29, 1.82) is 0 Å². The molecule has 0 aliphatic rings. The second kappa shape index (κ2) is 11.8. The van der Waals surface area contributed by atoms with Crippen LogP contribution in [0.15, 0.2) is 71.6 Å². The van der Waals surface area contributed by atoms with E-state index in [-0.39, 0.29) is 6.04 Å². The van der Waals surface area contributed by atoms with Crippen molar-refractivity contribution in [2.45, 2.75) is 23.6 Å². The van der Waals surface area contributed by atoms with E-state index >= 15 is 0 Å². The van der Waals surface area contributed by atoms with Crippen LogP contribution in [-0.4, -0.2) is 58.8 Å². The molecule has 172 valence electrons. The lowest BCUT2D eigenvalue weighted by Crippen LogP contribution is -2.44. The molecule has 0 saturated carbocycles. The van der Waals surface area contributed by atoms with Crippen LogP contribution in [0.5, 0.6) is 0 Å². The van der Waals surface area contributed by atoms with E-state index in [1.54, 1.807) is 17.8 Å². The van der Waals surface area contributed by atoms with Crippen LogP contribution in [0.25, 0.3) is 10.8 Å². The van der Waals surface area contributed by atoms with Crippen LogP contribution < -0.4 is 10.0 Å². The van der Waals surface area contributed by atoms with Crippen molar-refractivity contribution >= 4 is 32.6 Å². The zero-order chi connectivity index (χ0) is 23.0. The van der Waals surface area contributed by atoms with Gasteiger partial charge in [-0.05, 0) is 43.6 Å². The Labute approximate surface area is 196 Å². The number of hydrogen-bond donors (Lipinski definition) is 2. The van der Waals surface area contributed by atoms with Gasteiger partial charge >= 0.3 is 0 Å². The summed E-state index contributed by atoms with van der Waals surface area (Å²) in [7, 11) is 0.391. The topological polar surface area (TPSA) is 61.4 Å². The third-order valence-corrected chi connectivity index (χ3v) is 8.02. The van der Waals surface area contributed by atoms with Crippen LogP contribution in [0.3, 0.4) is 0 Å². The van der Waals surface area contributed by atoms with Gasteiger partial charge in [-0.25, -0.2) is 13.1 Å². The molecule has 0 spiro atoms. The summed E-state index contributed by atoms with van der Waals surface area (Å²) in [5, 5.41) is 5.13. The molecular formula is C25H33N3O2S2. The fraction of sp³-hybridized carbons (Fsp3) is 0.360. The zero-order valence-corrected chi connectivity index (χ0v) is 20.7. The van der Waals surface area contributed by atoms with E-state index in [1.807, 2.05) is 69.6 Å². The van der Waals surface area contributed by atoms with Gasteiger partial charge in [0.25, 0.3) is 0 Å². The van der Waals surface area contributed by atoms with E-state index in [0.29, 0.717) is 17.2 Å². The quantitative estimate of drug-likeness (QED) is 0.393. The maximum absolute atomic E-state index is 13.4. The van der Waals surface area contributed by atoms with Crippen molar-refractivity contribution in [3.05, 3.63) is 77.9 Å². The summed E-state index contributed by atoms with van der Waals surface area (Å²) >= 11 is 1.74. The van der Waals surface area contributed by atoms with Gasteiger partial charge in [0.05, 0.1) is 4.90 Å². The first-order chi connectivity index (χ1) is 15.4. The number of rotatable bonds is 12. The molecule has 3 rings (SSSR count). The van der Waals surface area contributed by atoms with Gasteiger partial charge in [0.15, 0.2) is 0 Å². The van der Waals surface area contributed by atoms with E-state index in [2.05, 4.69) is 27.1 Å². The van der Waals surface area contributed by atoms with Gasteiger partial charge in [-0.1, -0.05) is 60.7 Å². The number of hydrogen-bond acceptors (Lipinski definition) is 5. The molecule has 0 saturated heterocycles. The normalized spacial score (nSPS) is 13.0. The summed E-state index contributed by atoms with van der Waals surface area (Å²) in [6.45, 7) is 4.30. The lowest BCUT2D eigenvalue weighted by atomic mass is 10.1. The summed E-state index contributed by atoms with van der Waals surface area (Å²) in [6.07, 6.45) is 0. The minimum absolute atomic E-state index is 0.212. The smallest absolute Gasteiger partial charge is 0.241 e. The molecule has 0 aliphatic carbocycles. The van der Waals surface area contributed by atoms with Crippen molar-refractivity contribution < 1.29 is 8.42 Å². The minimum Gasteiger partial charge on any atom is -0.314 e. The van der Waals surface area contributed by atoms with Crippen LogP contribution >= 0.6 is 11.8 Å². The first-order valence-electron chi connectivity index (χ1n) is 10.8. The average Bonchev–Trinajstić information content (AvgIpc) is 2.77. The highest BCUT2D eigenvalue weighted by molar-refractivity contribution is 7.98. The van der Waals surface area contributed by atoms with Crippen LogP contribution in [-0.2, 0) is 15.8 Å². The summed E-state index contributed by atoms with van der Waals surface area (Å²) in [6, 6.07) is 21.3. The van der Waals surface area contributed by atoms with Gasteiger partial charge in [-0.2, -0.15) is 11.8 Å². The van der Waals surface area contributed by atoms with Crippen molar-refractivity contribution in [2.75, 3.05) is 39.5 Å². The Bertz CT molecular complexity index is 1100. The largest absolute Gasteiger partial charge is 0.314 e. The van der Waals surface area contributed by atoms with E-state index in [4.69, 9.17) is 0 Å². The number of benzene rings is 3. The monoisotopic (exact) mass is 471 g/mol. The summed E-state index contributed by atoms with van der Waals surface area (Å²) in [4.78, 5) is 2.44. The van der Waals surface area contributed by atoms with E-state index < -0.39 is 10.0 Å². The molecule has 0 fully saturated rings. The van der Waals surface area contributed by atoms with Crippen LogP contribution in [0.2, 0.25) is 0 Å². The maximum Gasteiger partial charge on any atom is 0.241 e. The van der Waals surface area contributed by atoms with Crippen molar-refractivity contribution in [3.8, 4) is 0 Å². The van der Waals surface area contributed by atoms with E-state index in [1.165, 1.54) is 5.56 Å². The van der Waals surface area contributed by atoms with Gasteiger partial charge in [0.2, 0.25) is 10.0 Å². The molecule has 0 heterocycles. The molecule has 3 aromatic rings. The lowest BCUT2D eigenvalue weighted by Gasteiger charge is -2.21. The fourth-order valence-electron chi connectivity index (χ4n) is 3.55. The van der Waals surface area contributed by atoms with E-state index in [0.717, 1.165) is 35.2 Å². The predicted molar refractivity (Wildman–Crippen MR) is 137 cm³/mol. The number of thioether (sulfide) groups is 1. The number of nitrogens with one attached hydrogen (secondary N) is 2. The third-order valence-electron chi connectivity index (χ3n) is 5.27. The average molecular weight is 472 g/mol. The van der Waals surface area contributed by atoms with Gasteiger partial charge in [0.1, 0.15) is 0 Å². The zero-order valence-electron chi connectivity index (χ0n) is 19.0. The molecule has 3 aromatic carbocycles. The van der Waals surface area contributed by atoms with Gasteiger partial charge in [0, 0.05) is 42.6 Å². The van der Waals surface area contributed by atoms with Crippen molar-refractivity contribution in [1.82, 2.24) is 14.9 Å². The van der Waals surface area contributed by atoms with Crippen LogP contribution in [0.1, 0.15) is 11.1 Å². The number of aryl methyl sites for hydroxylation is 1. The Morgan fingerprint density at radius 1 is 0.938 bits per heavy atom. The molecule has 5 nitrogen and oxygen atoms in total. The Morgan fingerprint density at radius 2 is 1.62 bits per heavy atom. The number of sulfonamides is 1. The fourth-order valence-corrected chi connectivity index (χ4v) is 6.13. The Hall–Kier alpha value is -1.90. The predicted octanol–water partition coefficient (Wildman–Crippen LogP) is 3.88. The Balaban J connectivity index is 1.73. The highest BCUT2D eigenvalue weighted by atomic mass is 32.2. The van der Waals surface area contributed by atoms with Gasteiger partial charge in [-0.15, -0.1) is 0 Å². The summed E-state index contributed by atoms with van der Waals surface area (Å²) in [5.41, 5.74) is 2.31. The molecule has 0 aliphatic heterocycles. The molecule has 0 unspecified atom stereocenters. The first-order valence-corrected chi connectivity index (χ1v) is 13.5. The minimum atomic E-state index is -3.67. The molecule has 7 heteroatoms. The first kappa shape index (κ1) is 24.7. The lowest BCUT2D eigenvalue weighted by molar-refractivity contribution is 0.396. The molecule has 0 aromatic heterocycles. The van der Waals surface area contributed by atoms with Gasteiger partial charge in [-0.3, -0.25) is 0 Å². The third kappa shape index (κ3) is 7.05. The van der Waals surface area contributed by atoms with Crippen molar-refractivity contribution in [3.63, 3.8) is 0 Å². The highest BCUT2D eigenvalue weighted by Crippen LogP contribution is 2.26. The summed E-state index contributed by atoms with van der Waals surface area (Å²) < 4.78 is 29.7. The molecule has 0 radical (unpaired) electrons. The van der Waals surface area contributed by atoms with Gasteiger partial charge < -0.3 is 10.2 Å². The second-order valence-electron chi connectivity index (χ2n) is 8.25. The molecule has 0 amide bonds. The molecule has 0 bridgehead atoms. The highest BCUT2D eigenvalue weighted by Gasteiger charge is 2.22. The van der Waals surface area contributed by atoms with Crippen molar-refractivity contribution in [2.24, 2.45) is 0 Å². The number of nitrogens with zero attached hydrogens (tertiary/aromatic N) is 1. The van der Waals surface area contributed by atoms with Crippen LogP contribution in [0, 0.1) is 6.92 Å². The molecule has 32 heavy (non-hydrogen) atoms. The number of likely N-dealkylation sites (N-methyl/N-ethyl adjacent to an activating group) is 1. The Morgan fingerprint density at radius 3 is 2.34 bits per heavy atom. The summed E-state index contributed by atoms with van der Waals surface area (Å²) in [5.74, 6) is 1.54. The van der Waals surface area contributed by atoms with Crippen LogP contribution in [0.4, 0.5) is 0 Å². The molecule has 1 atom stereocenters. The number of fused-ring (bicyclic) bond motifs is 1. The maximum atomic E-state index is 13.4. The second-order valence-corrected chi connectivity index (χ2v) is 11.0. The molecular weight excluding hydrogens is 438 g/mol. The Kier molecular flexibility index (Phi) is 9.13. The van der Waals surface area contributed by atoms with E-state index in [9.17, 15) is 8.42 Å². The standard InChI is InChI=1S/C25H33N3O2S2/c1-20-13-14-25(24-12-8-7-11-23(20)24)32(29,30)27-22(17-26-15-16-28(2)3)19-31-18-21-9-5-4-6-10-21/h4-14,22,26-27H,15-19H2,1-3H3/t22-/m1/s1.